The van der Waals surface area contributed by atoms with Gasteiger partial charge in [0.05, 0.1) is 0 Å². The number of halogens is 1. The van der Waals surface area contributed by atoms with Gasteiger partial charge in [0.25, 0.3) is 0 Å². The lowest BCUT2D eigenvalue weighted by atomic mass is 9.82. The zero-order valence-electron chi connectivity index (χ0n) is 15.9. The minimum Gasteiger partial charge on any atom is -0.489 e. The zero-order valence-corrected chi connectivity index (χ0v) is 15.9. The molecule has 3 rings (SSSR count). The van der Waals surface area contributed by atoms with Crippen molar-refractivity contribution >= 4 is 0 Å². The molecule has 0 aromatic heterocycles. The van der Waals surface area contributed by atoms with E-state index in [4.69, 9.17) is 4.74 Å². The SMILES string of the molecule is CC(CCc1ccccc1OCc1ccc(F)cc1)CC1CCCCC1. The van der Waals surface area contributed by atoms with Crippen molar-refractivity contribution in [3.8, 4) is 5.75 Å². The van der Waals surface area contributed by atoms with Crippen LogP contribution in [0.1, 0.15) is 63.0 Å². The van der Waals surface area contributed by atoms with Crippen LogP contribution < -0.4 is 4.74 Å². The average Bonchev–Trinajstić information content (AvgIpc) is 2.67. The standard InChI is InChI=1S/C24H31FO/c1-19(17-20-7-3-2-4-8-20)11-14-22-9-5-6-10-24(22)26-18-21-12-15-23(25)16-13-21/h5-6,9-10,12-13,15-16,19-20H,2-4,7-8,11,14,17-18H2,1H3. The van der Waals surface area contributed by atoms with E-state index in [0.717, 1.165) is 29.6 Å². The molecule has 2 aromatic rings. The van der Waals surface area contributed by atoms with E-state index in [2.05, 4.69) is 19.1 Å². The lowest BCUT2D eigenvalue weighted by Crippen LogP contribution is -2.11. The zero-order chi connectivity index (χ0) is 18.2. The van der Waals surface area contributed by atoms with Gasteiger partial charge in [0.1, 0.15) is 18.2 Å². The molecule has 1 atom stereocenters. The van der Waals surface area contributed by atoms with Crippen molar-refractivity contribution < 1.29 is 9.13 Å². The lowest BCUT2D eigenvalue weighted by molar-refractivity contribution is 0.285. The van der Waals surface area contributed by atoms with E-state index in [9.17, 15) is 4.39 Å². The van der Waals surface area contributed by atoms with Crippen LogP contribution in [0.15, 0.2) is 48.5 Å². The first-order valence-electron chi connectivity index (χ1n) is 10.2. The van der Waals surface area contributed by atoms with Crippen LogP contribution >= 0.6 is 0 Å². The number of aryl methyl sites for hydroxylation is 1. The Kier molecular flexibility index (Phi) is 7.11. The molecule has 2 heteroatoms. The van der Waals surface area contributed by atoms with E-state index in [1.807, 2.05) is 12.1 Å². The van der Waals surface area contributed by atoms with Crippen molar-refractivity contribution in [3.63, 3.8) is 0 Å². The van der Waals surface area contributed by atoms with Gasteiger partial charge in [-0.25, -0.2) is 4.39 Å². The van der Waals surface area contributed by atoms with Gasteiger partial charge in [0.15, 0.2) is 0 Å². The summed E-state index contributed by atoms with van der Waals surface area (Å²) in [5, 5.41) is 0. The molecule has 0 bridgehead atoms. The van der Waals surface area contributed by atoms with Gasteiger partial charge in [-0.15, -0.1) is 0 Å². The fraction of sp³-hybridized carbons (Fsp3) is 0.500. The second-order valence-corrected chi connectivity index (χ2v) is 7.91. The minimum atomic E-state index is -0.207. The molecule has 26 heavy (non-hydrogen) atoms. The maximum atomic E-state index is 13.0. The Bertz CT molecular complexity index is 658. The summed E-state index contributed by atoms with van der Waals surface area (Å²) in [6, 6.07) is 14.9. The van der Waals surface area contributed by atoms with Crippen LogP contribution in [-0.2, 0) is 13.0 Å². The number of ether oxygens (including phenoxy) is 1. The molecule has 1 saturated carbocycles. The Labute approximate surface area is 157 Å². The van der Waals surface area contributed by atoms with E-state index in [1.165, 1.54) is 62.6 Å². The van der Waals surface area contributed by atoms with Crippen molar-refractivity contribution in [1.82, 2.24) is 0 Å². The van der Waals surface area contributed by atoms with Gasteiger partial charge >= 0.3 is 0 Å². The van der Waals surface area contributed by atoms with Gasteiger partial charge in [0.2, 0.25) is 0 Å². The van der Waals surface area contributed by atoms with Crippen LogP contribution in [-0.4, -0.2) is 0 Å². The van der Waals surface area contributed by atoms with Crippen LogP contribution in [0.3, 0.4) is 0 Å². The molecule has 1 unspecified atom stereocenters. The Hall–Kier alpha value is -1.83. The molecule has 0 radical (unpaired) electrons. The second-order valence-electron chi connectivity index (χ2n) is 7.91. The van der Waals surface area contributed by atoms with E-state index >= 15 is 0 Å². The molecule has 0 heterocycles. The minimum absolute atomic E-state index is 0.207. The third-order valence-electron chi connectivity index (χ3n) is 5.65. The fourth-order valence-corrected chi connectivity index (χ4v) is 4.10. The van der Waals surface area contributed by atoms with E-state index in [-0.39, 0.29) is 5.82 Å². The molecule has 0 N–H and O–H groups in total. The average molecular weight is 355 g/mol. The number of hydrogen-bond donors (Lipinski definition) is 0. The maximum Gasteiger partial charge on any atom is 0.123 e. The third-order valence-corrected chi connectivity index (χ3v) is 5.65. The molecular formula is C24H31FO. The lowest BCUT2D eigenvalue weighted by Gasteiger charge is -2.24. The molecule has 1 aliphatic rings. The van der Waals surface area contributed by atoms with Crippen LogP contribution in [0.4, 0.5) is 4.39 Å². The Morgan fingerprint density at radius 2 is 1.73 bits per heavy atom. The van der Waals surface area contributed by atoms with E-state index in [1.54, 1.807) is 12.1 Å². The van der Waals surface area contributed by atoms with Crippen molar-refractivity contribution in [2.24, 2.45) is 11.8 Å². The van der Waals surface area contributed by atoms with Crippen molar-refractivity contribution in [1.29, 1.82) is 0 Å². The summed E-state index contributed by atoms with van der Waals surface area (Å²) in [4.78, 5) is 0. The number of hydrogen-bond acceptors (Lipinski definition) is 1. The molecule has 1 aliphatic carbocycles. The van der Waals surface area contributed by atoms with Gasteiger partial charge in [-0.2, -0.15) is 0 Å². The van der Waals surface area contributed by atoms with Crippen molar-refractivity contribution in [2.45, 2.75) is 64.9 Å². The summed E-state index contributed by atoms with van der Waals surface area (Å²) < 4.78 is 19.0. The summed E-state index contributed by atoms with van der Waals surface area (Å²) in [6.07, 6.45) is 10.8. The second kappa shape index (κ2) is 9.75. The number of benzene rings is 2. The highest BCUT2D eigenvalue weighted by molar-refractivity contribution is 5.33. The highest BCUT2D eigenvalue weighted by Gasteiger charge is 2.16. The molecular weight excluding hydrogens is 323 g/mol. The molecule has 140 valence electrons. The normalized spacial score (nSPS) is 16.4. The summed E-state index contributed by atoms with van der Waals surface area (Å²) in [6.45, 7) is 2.88. The quantitative estimate of drug-likeness (QED) is 0.498. The predicted octanol–water partition coefficient (Wildman–Crippen LogP) is 6.94. The highest BCUT2D eigenvalue weighted by Crippen LogP contribution is 2.31. The first-order chi connectivity index (χ1) is 12.7. The number of rotatable bonds is 8. The van der Waals surface area contributed by atoms with Crippen molar-refractivity contribution in [2.75, 3.05) is 0 Å². The summed E-state index contributed by atoms with van der Waals surface area (Å²) >= 11 is 0. The van der Waals surface area contributed by atoms with Gasteiger partial charge in [-0.05, 0) is 60.4 Å². The molecule has 2 aromatic carbocycles. The first kappa shape index (κ1) is 18.9. The molecule has 0 amide bonds. The van der Waals surface area contributed by atoms with Gasteiger partial charge in [0, 0.05) is 0 Å². The maximum absolute atomic E-state index is 13.0. The topological polar surface area (TPSA) is 9.23 Å². The van der Waals surface area contributed by atoms with Crippen LogP contribution in [0.25, 0.3) is 0 Å². The molecule has 1 nitrogen and oxygen atoms in total. The van der Waals surface area contributed by atoms with E-state index < -0.39 is 0 Å². The van der Waals surface area contributed by atoms with Gasteiger partial charge in [-0.1, -0.05) is 69.4 Å². The Morgan fingerprint density at radius 3 is 2.50 bits per heavy atom. The Balaban J connectivity index is 1.50. The predicted molar refractivity (Wildman–Crippen MR) is 106 cm³/mol. The third kappa shape index (κ3) is 5.86. The molecule has 1 fully saturated rings. The monoisotopic (exact) mass is 354 g/mol. The van der Waals surface area contributed by atoms with Crippen LogP contribution in [0.5, 0.6) is 5.75 Å². The van der Waals surface area contributed by atoms with Gasteiger partial charge in [-0.3, -0.25) is 0 Å². The van der Waals surface area contributed by atoms with E-state index in [0.29, 0.717) is 6.61 Å². The summed E-state index contributed by atoms with van der Waals surface area (Å²) in [5.74, 6) is 2.47. The number of para-hydroxylation sites is 1. The highest BCUT2D eigenvalue weighted by atomic mass is 19.1. The molecule has 0 saturated heterocycles. The fourth-order valence-electron chi connectivity index (χ4n) is 4.10. The molecule has 0 spiro atoms. The first-order valence-corrected chi connectivity index (χ1v) is 10.2. The summed E-state index contributed by atoms with van der Waals surface area (Å²) in [5.41, 5.74) is 2.27. The molecule has 0 aliphatic heterocycles. The largest absolute Gasteiger partial charge is 0.489 e. The Morgan fingerprint density at radius 1 is 1.00 bits per heavy atom. The summed E-state index contributed by atoms with van der Waals surface area (Å²) in [7, 11) is 0. The smallest absolute Gasteiger partial charge is 0.123 e. The van der Waals surface area contributed by atoms with Gasteiger partial charge < -0.3 is 4.74 Å². The van der Waals surface area contributed by atoms with Crippen LogP contribution in [0, 0.1) is 17.7 Å². The van der Waals surface area contributed by atoms with Crippen molar-refractivity contribution in [3.05, 3.63) is 65.5 Å². The van der Waals surface area contributed by atoms with Crippen LogP contribution in [0.2, 0.25) is 0 Å².